The zero-order valence-corrected chi connectivity index (χ0v) is 12.3. The summed E-state index contributed by atoms with van der Waals surface area (Å²) in [6, 6.07) is 12.8. The number of nitrogens with one attached hydrogen (secondary N) is 3. The van der Waals surface area contributed by atoms with Crippen LogP contribution in [0.5, 0.6) is 0 Å². The third-order valence-corrected chi connectivity index (χ3v) is 3.53. The molecule has 0 bridgehead atoms. The molecule has 5 nitrogen and oxygen atoms in total. The summed E-state index contributed by atoms with van der Waals surface area (Å²) in [5.41, 5.74) is 4.40. The summed E-state index contributed by atoms with van der Waals surface area (Å²) in [4.78, 5) is 23.3. The maximum absolute atomic E-state index is 12.0. The van der Waals surface area contributed by atoms with Crippen LogP contribution in [-0.2, 0) is 11.2 Å². The highest BCUT2D eigenvalue weighted by Gasteiger charge is 2.15. The number of carbonyl (C=O) groups is 2. The van der Waals surface area contributed by atoms with Crippen LogP contribution in [0.1, 0.15) is 17.5 Å². The van der Waals surface area contributed by atoms with E-state index < -0.39 is 0 Å². The summed E-state index contributed by atoms with van der Waals surface area (Å²) in [5.74, 6) is 0.0328. The van der Waals surface area contributed by atoms with Gasteiger partial charge in [0.2, 0.25) is 5.91 Å². The molecule has 0 unspecified atom stereocenters. The highest BCUT2D eigenvalue weighted by molar-refractivity contribution is 6.00. The zero-order chi connectivity index (χ0) is 15.5. The van der Waals surface area contributed by atoms with Gasteiger partial charge in [-0.1, -0.05) is 12.1 Å². The van der Waals surface area contributed by atoms with Crippen molar-refractivity contribution in [3.63, 3.8) is 0 Å². The van der Waals surface area contributed by atoms with Gasteiger partial charge in [0.25, 0.3) is 0 Å². The van der Waals surface area contributed by atoms with Crippen LogP contribution in [0.3, 0.4) is 0 Å². The van der Waals surface area contributed by atoms with Crippen molar-refractivity contribution < 1.29 is 9.59 Å². The van der Waals surface area contributed by atoms with Crippen molar-refractivity contribution in [3.05, 3.63) is 53.6 Å². The van der Waals surface area contributed by atoms with Crippen LogP contribution in [0.15, 0.2) is 42.5 Å². The number of hydrogen-bond acceptors (Lipinski definition) is 2. The standard InChI is InChI=1S/C17H17N3O2/c1-11-3-2-4-13(9-11)18-17(22)19-14-6-7-15-12(10-14)5-8-16(21)20-15/h2-4,6-7,9-10H,5,8H2,1H3,(H,20,21)(H2,18,19,22). The Hall–Kier alpha value is -2.82. The molecular weight excluding hydrogens is 278 g/mol. The lowest BCUT2D eigenvalue weighted by Crippen LogP contribution is -2.21. The predicted octanol–water partition coefficient (Wildman–Crippen LogP) is 3.52. The largest absolute Gasteiger partial charge is 0.326 e. The van der Waals surface area contributed by atoms with Gasteiger partial charge in [-0.25, -0.2) is 4.79 Å². The van der Waals surface area contributed by atoms with Crippen molar-refractivity contribution in [2.24, 2.45) is 0 Å². The number of aryl methyl sites for hydroxylation is 2. The third-order valence-electron chi connectivity index (χ3n) is 3.53. The summed E-state index contributed by atoms with van der Waals surface area (Å²) < 4.78 is 0. The van der Waals surface area contributed by atoms with Gasteiger partial charge < -0.3 is 16.0 Å². The first-order chi connectivity index (χ1) is 10.6. The Bertz CT molecular complexity index is 740. The van der Waals surface area contributed by atoms with Crippen molar-refractivity contribution in [1.82, 2.24) is 0 Å². The molecule has 3 rings (SSSR count). The second-order valence-electron chi connectivity index (χ2n) is 5.37. The quantitative estimate of drug-likeness (QED) is 0.793. The Morgan fingerprint density at radius 1 is 1.05 bits per heavy atom. The first-order valence-corrected chi connectivity index (χ1v) is 7.17. The van der Waals surface area contributed by atoms with Crippen LogP contribution in [-0.4, -0.2) is 11.9 Å². The molecule has 5 heteroatoms. The van der Waals surface area contributed by atoms with Gasteiger partial charge in [0.1, 0.15) is 0 Å². The molecule has 0 saturated carbocycles. The lowest BCUT2D eigenvalue weighted by molar-refractivity contribution is -0.116. The molecule has 0 radical (unpaired) electrons. The van der Waals surface area contributed by atoms with Crippen LogP contribution < -0.4 is 16.0 Å². The van der Waals surface area contributed by atoms with Crippen molar-refractivity contribution in [2.45, 2.75) is 19.8 Å². The minimum absolute atomic E-state index is 0.0328. The van der Waals surface area contributed by atoms with Crippen molar-refractivity contribution in [2.75, 3.05) is 16.0 Å². The molecule has 0 fully saturated rings. The van der Waals surface area contributed by atoms with Gasteiger partial charge in [-0.2, -0.15) is 0 Å². The van der Waals surface area contributed by atoms with E-state index in [1.165, 1.54) is 0 Å². The van der Waals surface area contributed by atoms with Gasteiger partial charge in [-0.3, -0.25) is 4.79 Å². The monoisotopic (exact) mass is 295 g/mol. The lowest BCUT2D eigenvalue weighted by atomic mass is 10.0. The first kappa shape index (κ1) is 14.1. The number of urea groups is 1. The van der Waals surface area contributed by atoms with Crippen LogP contribution in [0.2, 0.25) is 0 Å². The van der Waals surface area contributed by atoms with Crippen molar-refractivity contribution >= 4 is 29.0 Å². The fourth-order valence-electron chi connectivity index (χ4n) is 2.48. The van der Waals surface area contributed by atoms with Crippen LogP contribution in [0, 0.1) is 6.92 Å². The van der Waals surface area contributed by atoms with Crippen molar-refractivity contribution in [1.29, 1.82) is 0 Å². The van der Waals surface area contributed by atoms with E-state index in [2.05, 4.69) is 16.0 Å². The molecule has 0 atom stereocenters. The summed E-state index contributed by atoms with van der Waals surface area (Å²) in [6.07, 6.45) is 1.17. The Kier molecular flexibility index (Phi) is 3.78. The number of fused-ring (bicyclic) bond motifs is 1. The van der Waals surface area contributed by atoms with E-state index >= 15 is 0 Å². The fraction of sp³-hybridized carbons (Fsp3) is 0.176. The second kappa shape index (κ2) is 5.89. The maximum atomic E-state index is 12.0. The minimum Gasteiger partial charge on any atom is -0.326 e. The van der Waals surface area contributed by atoms with Gasteiger partial charge in [-0.05, 0) is 54.8 Å². The molecular formula is C17H17N3O2. The molecule has 2 aromatic rings. The number of rotatable bonds is 2. The van der Waals surface area contributed by atoms with Crippen LogP contribution >= 0.6 is 0 Å². The van der Waals surface area contributed by atoms with E-state index in [1.807, 2.05) is 43.3 Å². The van der Waals surface area contributed by atoms with Crippen LogP contribution in [0.25, 0.3) is 0 Å². The van der Waals surface area contributed by atoms with Gasteiger partial charge in [-0.15, -0.1) is 0 Å². The topological polar surface area (TPSA) is 70.2 Å². The zero-order valence-electron chi connectivity index (χ0n) is 12.3. The normalized spacial score (nSPS) is 13.0. The van der Waals surface area contributed by atoms with Gasteiger partial charge in [0, 0.05) is 23.5 Å². The number of amides is 3. The molecule has 1 heterocycles. The Morgan fingerprint density at radius 3 is 2.59 bits per heavy atom. The van der Waals surface area contributed by atoms with E-state index in [0.717, 1.165) is 22.5 Å². The van der Waals surface area contributed by atoms with E-state index in [9.17, 15) is 9.59 Å². The average Bonchev–Trinajstić information content (AvgIpc) is 2.47. The van der Waals surface area contributed by atoms with Crippen molar-refractivity contribution in [3.8, 4) is 0 Å². The minimum atomic E-state index is -0.287. The Labute approximate surface area is 128 Å². The lowest BCUT2D eigenvalue weighted by Gasteiger charge is -2.18. The van der Waals surface area contributed by atoms with E-state index in [4.69, 9.17) is 0 Å². The summed E-state index contributed by atoms with van der Waals surface area (Å²) >= 11 is 0. The number of benzene rings is 2. The molecule has 3 N–H and O–H groups in total. The van der Waals surface area contributed by atoms with E-state index in [-0.39, 0.29) is 11.9 Å². The molecule has 0 saturated heterocycles. The highest BCUT2D eigenvalue weighted by atomic mass is 16.2. The Balaban J connectivity index is 1.68. The predicted molar refractivity (Wildman–Crippen MR) is 87.2 cm³/mol. The molecule has 0 spiro atoms. The second-order valence-corrected chi connectivity index (χ2v) is 5.37. The Morgan fingerprint density at radius 2 is 1.82 bits per heavy atom. The third kappa shape index (κ3) is 3.25. The fourth-order valence-corrected chi connectivity index (χ4v) is 2.48. The molecule has 1 aliphatic rings. The number of hydrogen-bond donors (Lipinski definition) is 3. The molecule has 0 aromatic heterocycles. The highest BCUT2D eigenvalue weighted by Crippen LogP contribution is 2.25. The van der Waals surface area contributed by atoms with Crippen LogP contribution in [0.4, 0.5) is 21.9 Å². The first-order valence-electron chi connectivity index (χ1n) is 7.17. The molecule has 2 aromatic carbocycles. The number of carbonyl (C=O) groups excluding carboxylic acids is 2. The number of anilines is 3. The molecule has 22 heavy (non-hydrogen) atoms. The molecule has 112 valence electrons. The summed E-state index contributed by atoms with van der Waals surface area (Å²) in [7, 11) is 0. The van der Waals surface area contributed by atoms with Gasteiger partial charge in [0.05, 0.1) is 0 Å². The summed E-state index contributed by atoms with van der Waals surface area (Å²) in [6.45, 7) is 1.97. The molecule has 3 amide bonds. The summed E-state index contributed by atoms with van der Waals surface area (Å²) in [5, 5.41) is 8.43. The molecule has 1 aliphatic heterocycles. The molecule has 0 aliphatic carbocycles. The smallest absolute Gasteiger partial charge is 0.323 e. The van der Waals surface area contributed by atoms with E-state index in [0.29, 0.717) is 18.5 Å². The SMILES string of the molecule is Cc1cccc(NC(=O)Nc2ccc3c(c2)CCC(=O)N3)c1. The maximum Gasteiger partial charge on any atom is 0.323 e. The van der Waals surface area contributed by atoms with Gasteiger partial charge in [0.15, 0.2) is 0 Å². The van der Waals surface area contributed by atoms with Gasteiger partial charge >= 0.3 is 6.03 Å². The average molecular weight is 295 g/mol. The van der Waals surface area contributed by atoms with E-state index in [1.54, 1.807) is 6.07 Å².